The molecule has 3 N–H and O–H groups in total. The van der Waals surface area contributed by atoms with Crippen LogP contribution >= 0.6 is 0 Å². The number of nitrogens with two attached hydrogens (primary N) is 1. The lowest BCUT2D eigenvalue weighted by atomic mass is 9.76. The molecule has 0 aliphatic carbocycles. The molecule has 0 spiro atoms. The van der Waals surface area contributed by atoms with E-state index >= 15 is 0 Å². The minimum atomic E-state index is -0.301. The summed E-state index contributed by atoms with van der Waals surface area (Å²) in [7, 11) is 0. The van der Waals surface area contributed by atoms with E-state index in [0.717, 1.165) is 31.4 Å². The lowest BCUT2D eigenvalue weighted by Crippen LogP contribution is -2.39. The van der Waals surface area contributed by atoms with Crippen LogP contribution in [-0.2, 0) is 10.2 Å². The van der Waals surface area contributed by atoms with Crippen LogP contribution in [0.15, 0.2) is 24.3 Å². The van der Waals surface area contributed by atoms with Crippen molar-refractivity contribution in [2.24, 2.45) is 5.73 Å². The molecule has 20 heavy (non-hydrogen) atoms. The van der Waals surface area contributed by atoms with Gasteiger partial charge in [0.25, 0.3) is 0 Å². The first-order valence-corrected chi connectivity index (χ1v) is 7.70. The van der Waals surface area contributed by atoms with Gasteiger partial charge in [0, 0.05) is 18.6 Å². The zero-order valence-electron chi connectivity index (χ0n) is 12.5. The van der Waals surface area contributed by atoms with Gasteiger partial charge in [-0.1, -0.05) is 29.8 Å². The number of rotatable bonds is 7. The zero-order chi connectivity index (χ0) is 14.4. The van der Waals surface area contributed by atoms with E-state index in [1.54, 1.807) is 0 Å². The fourth-order valence-electron chi connectivity index (χ4n) is 3.11. The van der Waals surface area contributed by atoms with E-state index in [4.69, 9.17) is 10.5 Å². The van der Waals surface area contributed by atoms with E-state index in [0.29, 0.717) is 12.6 Å². The number of aliphatic hydroxyl groups excluding tert-OH is 1. The van der Waals surface area contributed by atoms with E-state index in [2.05, 4.69) is 25.1 Å². The fourth-order valence-corrected chi connectivity index (χ4v) is 3.11. The maximum atomic E-state index is 9.90. The Morgan fingerprint density at radius 2 is 2.30 bits per heavy atom. The molecule has 112 valence electrons. The van der Waals surface area contributed by atoms with Crippen LogP contribution in [0.3, 0.4) is 0 Å². The van der Waals surface area contributed by atoms with Crippen LogP contribution in [0.1, 0.15) is 43.2 Å². The third kappa shape index (κ3) is 3.60. The van der Waals surface area contributed by atoms with Gasteiger partial charge in [0.2, 0.25) is 0 Å². The Balaban J connectivity index is 2.00. The van der Waals surface area contributed by atoms with Crippen LogP contribution in [0.25, 0.3) is 0 Å². The van der Waals surface area contributed by atoms with Gasteiger partial charge < -0.3 is 15.6 Å². The lowest BCUT2D eigenvalue weighted by Gasteiger charge is -2.32. The highest BCUT2D eigenvalue weighted by Crippen LogP contribution is 2.30. The number of aliphatic hydroxyl groups is 1. The summed E-state index contributed by atoms with van der Waals surface area (Å²) in [6.45, 7) is 3.58. The topological polar surface area (TPSA) is 55.5 Å². The first-order valence-electron chi connectivity index (χ1n) is 7.70. The molecule has 1 fully saturated rings. The number of hydrogen-bond donors (Lipinski definition) is 2. The van der Waals surface area contributed by atoms with Gasteiger partial charge in [-0.15, -0.1) is 0 Å². The predicted octanol–water partition coefficient (Wildman–Crippen LogP) is 2.53. The molecule has 0 bridgehead atoms. The maximum absolute atomic E-state index is 9.90. The van der Waals surface area contributed by atoms with E-state index < -0.39 is 0 Å². The highest BCUT2D eigenvalue weighted by atomic mass is 16.5. The summed E-state index contributed by atoms with van der Waals surface area (Å²) in [6, 6.07) is 8.36. The van der Waals surface area contributed by atoms with Crippen LogP contribution in [0.5, 0.6) is 0 Å². The van der Waals surface area contributed by atoms with E-state index in [-0.39, 0.29) is 12.0 Å². The number of aryl methyl sites for hydroxylation is 1. The summed E-state index contributed by atoms with van der Waals surface area (Å²) in [4.78, 5) is 0. The largest absolute Gasteiger partial charge is 0.395 e. The Morgan fingerprint density at radius 3 is 2.90 bits per heavy atom. The molecule has 1 heterocycles. The summed E-state index contributed by atoms with van der Waals surface area (Å²) >= 11 is 0. The van der Waals surface area contributed by atoms with Gasteiger partial charge in [-0.2, -0.15) is 0 Å². The normalized spacial score (nSPS) is 21.9. The fraction of sp³-hybridized carbons (Fsp3) is 0.647. The first-order chi connectivity index (χ1) is 9.70. The van der Waals surface area contributed by atoms with Gasteiger partial charge in [0.1, 0.15) is 0 Å². The molecular weight excluding hydrogens is 250 g/mol. The second-order valence-electron chi connectivity index (χ2n) is 6.04. The van der Waals surface area contributed by atoms with Crippen molar-refractivity contribution >= 4 is 0 Å². The molecule has 0 saturated carbocycles. The Labute approximate surface area is 122 Å². The van der Waals surface area contributed by atoms with Gasteiger partial charge in [-0.3, -0.25) is 0 Å². The third-order valence-electron chi connectivity index (χ3n) is 4.53. The Kier molecular flexibility index (Phi) is 5.58. The van der Waals surface area contributed by atoms with Crippen molar-refractivity contribution in [2.75, 3.05) is 19.8 Å². The van der Waals surface area contributed by atoms with Crippen LogP contribution in [0.4, 0.5) is 0 Å². The van der Waals surface area contributed by atoms with Crippen molar-refractivity contribution in [1.29, 1.82) is 0 Å². The summed E-state index contributed by atoms with van der Waals surface area (Å²) in [5.74, 6) is 0. The van der Waals surface area contributed by atoms with Gasteiger partial charge in [-0.05, 0) is 44.6 Å². The highest BCUT2D eigenvalue weighted by Gasteiger charge is 2.30. The van der Waals surface area contributed by atoms with Crippen LogP contribution in [-0.4, -0.2) is 31.0 Å². The molecule has 0 radical (unpaired) electrons. The molecule has 3 heteroatoms. The Bertz CT molecular complexity index is 409. The molecule has 0 aromatic heterocycles. The molecule has 2 rings (SSSR count). The molecule has 3 nitrogen and oxygen atoms in total. The number of ether oxygens (including phenoxy) is 1. The summed E-state index contributed by atoms with van der Waals surface area (Å²) < 4.78 is 5.67. The molecule has 1 aromatic carbocycles. The monoisotopic (exact) mass is 277 g/mol. The summed E-state index contributed by atoms with van der Waals surface area (Å²) in [5.41, 5.74) is 8.08. The Hall–Kier alpha value is -0.900. The molecule has 0 amide bonds. The van der Waals surface area contributed by atoms with Gasteiger partial charge in [0.15, 0.2) is 0 Å². The van der Waals surface area contributed by atoms with Crippen LogP contribution in [0.2, 0.25) is 0 Å². The zero-order valence-corrected chi connectivity index (χ0v) is 12.5. The molecule has 1 aliphatic heterocycles. The SMILES string of the molecule is Cc1cccc(C(CN)(CO)CCCC2CCCO2)c1. The molecule has 2 atom stereocenters. The maximum Gasteiger partial charge on any atom is 0.0576 e. The quantitative estimate of drug-likeness (QED) is 0.805. The number of benzene rings is 1. The predicted molar refractivity (Wildman–Crippen MR) is 81.8 cm³/mol. The van der Waals surface area contributed by atoms with Crippen molar-refractivity contribution in [2.45, 2.75) is 50.5 Å². The molecule has 1 saturated heterocycles. The average Bonchev–Trinajstić information content (AvgIpc) is 2.97. The minimum absolute atomic E-state index is 0.110. The van der Waals surface area contributed by atoms with E-state index in [1.165, 1.54) is 18.4 Å². The van der Waals surface area contributed by atoms with E-state index in [9.17, 15) is 5.11 Å². The first kappa shape index (κ1) is 15.5. The van der Waals surface area contributed by atoms with Gasteiger partial charge >= 0.3 is 0 Å². The second-order valence-corrected chi connectivity index (χ2v) is 6.04. The molecule has 1 aromatic rings. The van der Waals surface area contributed by atoms with Crippen LogP contribution in [0, 0.1) is 6.92 Å². The summed E-state index contributed by atoms with van der Waals surface area (Å²) in [6.07, 6.45) is 5.83. The highest BCUT2D eigenvalue weighted by molar-refractivity contribution is 5.30. The lowest BCUT2D eigenvalue weighted by molar-refractivity contribution is 0.0972. The van der Waals surface area contributed by atoms with Gasteiger partial charge in [0.05, 0.1) is 12.7 Å². The van der Waals surface area contributed by atoms with Crippen molar-refractivity contribution in [1.82, 2.24) is 0 Å². The summed E-state index contributed by atoms with van der Waals surface area (Å²) in [5, 5.41) is 9.90. The smallest absolute Gasteiger partial charge is 0.0576 e. The van der Waals surface area contributed by atoms with Crippen molar-refractivity contribution in [3.8, 4) is 0 Å². The molecule has 1 aliphatic rings. The van der Waals surface area contributed by atoms with Crippen LogP contribution < -0.4 is 5.73 Å². The molecule has 2 unspecified atom stereocenters. The standard InChI is InChI=1S/C17H27NO2/c1-14-5-2-6-15(11-14)17(12-18,13-19)9-3-7-16-8-4-10-20-16/h2,5-6,11,16,19H,3-4,7-10,12-13,18H2,1H3. The minimum Gasteiger partial charge on any atom is -0.395 e. The van der Waals surface area contributed by atoms with Crippen molar-refractivity contribution in [3.05, 3.63) is 35.4 Å². The Morgan fingerprint density at radius 1 is 1.45 bits per heavy atom. The third-order valence-corrected chi connectivity index (χ3v) is 4.53. The van der Waals surface area contributed by atoms with Crippen molar-refractivity contribution in [3.63, 3.8) is 0 Å². The number of hydrogen-bond acceptors (Lipinski definition) is 3. The van der Waals surface area contributed by atoms with E-state index in [1.807, 2.05) is 6.07 Å². The van der Waals surface area contributed by atoms with Crippen molar-refractivity contribution < 1.29 is 9.84 Å². The second kappa shape index (κ2) is 7.21. The average molecular weight is 277 g/mol. The van der Waals surface area contributed by atoms with Gasteiger partial charge in [-0.25, -0.2) is 0 Å². The molecular formula is C17H27NO2.